The number of thiazole rings is 1. The molecule has 0 spiro atoms. The molecule has 3 heterocycles. The Morgan fingerprint density at radius 3 is 3.21 bits per heavy atom. The Morgan fingerprint density at radius 2 is 2.42 bits per heavy atom. The molecule has 0 N–H and O–H groups in total. The highest BCUT2D eigenvalue weighted by Gasteiger charge is 2.34. The molecule has 2 saturated heterocycles. The van der Waals surface area contributed by atoms with Crippen molar-refractivity contribution in [1.82, 2.24) is 14.8 Å². The van der Waals surface area contributed by atoms with E-state index in [1.54, 1.807) is 16.2 Å². The molecule has 19 heavy (non-hydrogen) atoms. The van der Waals surface area contributed by atoms with Gasteiger partial charge in [0.1, 0.15) is 11.6 Å². The van der Waals surface area contributed by atoms with Crippen molar-refractivity contribution < 1.29 is 9.53 Å². The molecule has 2 aliphatic rings. The van der Waals surface area contributed by atoms with Crippen molar-refractivity contribution in [2.75, 3.05) is 33.3 Å². The Morgan fingerprint density at radius 1 is 1.53 bits per heavy atom. The number of carbonyl (C=O) groups excluding carboxylic acids is 1. The minimum Gasteiger partial charge on any atom is -0.368 e. The zero-order valence-electron chi connectivity index (χ0n) is 11.1. The molecule has 2 fully saturated rings. The van der Waals surface area contributed by atoms with Crippen LogP contribution in [0.5, 0.6) is 0 Å². The summed E-state index contributed by atoms with van der Waals surface area (Å²) in [7, 11) is 1.87. The minimum atomic E-state index is 0.0980. The molecule has 0 aromatic carbocycles. The molecule has 104 valence electrons. The molecule has 0 bridgehead atoms. The summed E-state index contributed by atoms with van der Waals surface area (Å²) in [5, 5.41) is 3.18. The monoisotopic (exact) mass is 281 g/mol. The standard InChI is InChI=1S/C13H19N3O2S/c1-15-6-10-7-16(8-12-14-3-5-19-12)4-2-11(10)18-9-13(15)17/h3,5,10-11H,2,4,6-9H2,1H3/t10-,11-/m0/s1. The van der Waals surface area contributed by atoms with Gasteiger partial charge in [-0.25, -0.2) is 4.98 Å². The summed E-state index contributed by atoms with van der Waals surface area (Å²) in [4.78, 5) is 20.2. The number of hydrogen-bond acceptors (Lipinski definition) is 5. The first-order valence-electron chi connectivity index (χ1n) is 6.68. The number of likely N-dealkylation sites (N-methyl/N-ethyl adjacent to an activating group) is 1. The molecule has 0 saturated carbocycles. The van der Waals surface area contributed by atoms with Gasteiger partial charge in [-0.05, 0) is 6.42 Å². The van der Waals surface area contributed by atoms with Gasteiger partial charge in [-0.3, -0.25) is 9.69 Å². The molecule has 1 aromatic heterocycles. The summed E-state index contributed by atoms with van der Waals surface area (Å²) in [5.41, 5.74) is 0. The van der Waals surface area contributed by atoms with Gasteiger partial charge < -0.3 is 9.64 Å². The van der Waals surface area contributed by atoms with Crippen molar-refractivity contribution in [1.29, 1.82) is 0 Å². The average Bonchev–Trinajstić information content (AvgIpc) is 2.85. The number of piperidine rings is 1. The zero-order valence-corrected chi connectivity index (χ0v) is 11.9. The summed E-state index contributed by atoms with van der Waals surface area (Å²) in [6.07, 6.45) is 3.10. The van der Waals surface area contributed by atoms with Crippen LogP contribution in [0, 0.1) is 5.92 Å². The third-order valence-corrected chi connectivity index (χ3v) is 4.71. The van der Waals surface area contributed by atoms with Crippen LogP contribution >= 0.6 is 11.3 Å². The van der Waals surface area contributed by atoms with Crippen molar-refractivity contribution in [2.24, 2.45) is 5.92 Å². The first kappa shape index (κ1) is 13.0. The Hall–Kier alpha value is -0.980. The zero-order chi connectivity index (χ0) is 13.2. The van der Waals surface area contributed by atoms with Crippen LogP contribution < -0.4 is 0 Å². The summed E-state index contributed by atoms with van der Waals surface area (Å²) in [6.45, 7) is 3.97. The second-order valence-corrected chi connectivity index (χ2v) is 6.31. The van der Waals surface area contributed by atoms with E-state index in [1.807, 2.05) is 18.6 Å². The largest absolute Gasteiger partial charge is 0.368 e. The predicted molar refractivity (Wildman–Crippen MR) is 72.9 cm³/mol. The number of nitrogens with zero attached hydrogens (tertiary/aromatic N) is 3. The van der Waals surface area contributed by atoms with Crippen LogP contribution in [0.25, 0.3) is 0 Å². The Balaban J connectivity index is 1.63. The molecular weight excluding hydrogens is 262 g/mol. The van der Waals surface area contributed by atoms with Crippen molar-refractivity contribution in [3.05, 3.63) is 16.6 Å². The van der Waals surface area contributed by atoms with E-state index in [0.29, 0.717) is 5.92 Å². The Labute approximate surface area is 117 Å². The van der Waals surface area contributed by atoms with Crippen LogP contribution in [-0.2, 0) is 16.1 Å². The van der Waals surface area contributed by atoms with Crippen molar-refractivity contribution >= 4 is 17.2 Å². The van der Waals surface area contributed by atoms with E-state index < -0.39 is 0 Å². The Bertz CT molecular complexity index is 437. The van der Waals surface area contributed by atoms with Gasteiger partial charge in [0, 0.05) is 44.2 Å². The second kappa shape index (κ2) is 5.56. The van der Waals surface area contributed by atoms with Gasteiger partial charge in [-0.1, -0.05) is 0 Å². The summed E-state index contributed by atoms with van der Waals surface area (Å²) < 4.78 is 5.74. The third-order valence-electron chi connectivity index (χ3n) is 3.95. The van der Waals surface area contributed by atoms with E-state index >= 15 is 0 Å². The van der Waals surface area contributed by atoms with E-state index in [0.717, 1.165) is 37.6 Å². The van der Waals surface area contributed by atoms with Crippen molar-refractivity contribution in [3.63, 3.8) is 0 Å². The van der Waals surface area contributed by atoms with Gasteiger partial charge in [0.2, 0.25) is 5.91 Å². The molecule has 2 aliphatic heterocycles. The first-order valence-corrected chi connectivity index (χ1v) is 7.56. The number of fused-ring (bicyclic) bond motifs is 1. The summed E-state index contributed by atoms with van der Waals surface area (Å²) in [5.74, 6) is 0.519. The highest BCUT2D eigenvalue weighted by Crippen LogP contribution is 2.25. The molecule has 3 rings (SSSR count). The number of likely N-dealkylation sites (tertiary alicyclic amines) is 1. The third kappa shape index (κ3) is 2.96. The van der Waals surface area contributed by atoms with Crippen molar-refractivity contribution in [3.8, 4) is 0 Å². The molecule has 6 heteroatoms. The van der Waals surface area contributed by atoms with Crippen molar-refractivity contribution in [2.45, 2.75) is 19.1 Å². The fourth-order valence-corrected chi connectivity index (χ4v) is 3.55. The number of aromatic nitrogens is 1. The highest BCUT2D eigenvalue weighted by atomic mass is 32.1. The maximum absolute atomic E-state index is 11.7. The minimum absolute atomic E-state index is 0.0980. The number of carbonyl (C=O) groups is 1. The number of ether oxygens (including phenoxy) is 1. The smallest absolute Gasteiger partial charge is 0.248 e. The normalized spacial score (nSPS) is 29.1. The van der Waals surface area contributed by atoms with Gasteiger partial charge >= 0.3 is 0 Å². The highest BCUT2D eigenvalue weighted by molar-refractivity contribution is 7.09. The topological polar surface area (TPSA) is 45.7 Å². The van der Waals surface area contributed by atoms with Crippen LogP contribution in [-0.4, -0.2) is 60.1 Å². The fraction of sp³-hybridized carbons (Fsp3) is 0.692. The van der Waals surface area contributed by atoms with Gasteiger partial charge in [-0.2, -0.15) is 0 Å². The second-order valence-electron chi connectivity index (χ2n) is 5.33. The number of amides is 1. The molecule has 5 nitrogen and oxygen atoms in total. The quantitative estimate of drug-likeness (QED) is 0.805. The van der Waals surface area contributed by atoms with Gasteiger partial charge in [0.25, 0.3) is 0 Å². The molecular formula is C13H19N3O2S. The number of rotatable bonds is 2. The van der Waals surface area contributed by atoms with Crippen LogP contribution in [0.4, 0.5) is 0 Å². The summed E-state index contributed by atoms with van der Waals surface area (Å²) >= 11 is 1.70. The maximum Gasteiger partial charge on any atom is 0.248 e. The van der Waals surface area contributed by atoms with E-state index in [-0.39, 0.29) is 18.6 Å². The molecule has 0 unspecified atom stereocenters. The molecule has 0 aliphatic carbocycles. The van der Waals surface area contributed by atoms with Crippen LogP contribution in [0.15, 0.2) is 11.6 Å². The van der Waals surface area contributed by atoms with Crippen LogP contribution in [0.2, 0.25) is 0 Å². The molecule has 1 amide bonds. The first-order chi connectivity index (χ1) is 9.22. The van der Waals surface area contributed by atoms with Gasteiger partial charge in [-0.15, -0.1) is 11.3 Å². The lowest BCUT2D eigenvalue weighted by Gasteiger charge is -2.37. The van der Waals surface area contributed by atoms with Gasteiger partial charge in [0.05, 0.1) is 12.6 Å². The lowest BCUT2D eigenvalue weighted by Crippen LogP contribution is -2.46. The SMILES string of the molecule is CN1C[C@H]2CN(Cc3nccs3)CC[C@@H]2OCC1=O. The molecule has 2 atom stereocenters. The lowest BCUT2D eigenvalue weighted by molar-refractivity contribution is -0.133. The number of hydrogen-bond donors (Lipinski definition) is 0. The predicted octanol–water partition coefficient (Wildman–Crippen LogP) is 0.822. The van der Waals surface area contributed by atoms with Crippen LogP contribution in [0.1, 0.15) is 11.4 Å². The van der Waals surface area contributed by atoms with E-state index in [1.165, 1.54) is 0 Å². The van der Waals surface area contributed by atoms with E-state index in [4.69, 9.17) is 4.74 Å². The Kier molecular flexibility index (Phi) is 3.81. The maximum atomic E-state index is 11.7. The van der Waals surface area contributed by atoms with E-state index in [9.17, 15) is 4.79 Å². The van der Waals surface area contributed by atoms with E-state index in [2.05, 4.69) is 9.88 Å². The molecule has 1 aromatic rings. The average molecular weight is 281 g/mol. The van der Waals surface area contributed by atoms with Crippen LogP contribution in [0.3, 0.4) is 0 Å². The fourth-order valence-electron chi connectivity index (χ4n) is 2.89. The van der Waals surface area contributed by atoms with Gasteiger partial charge in [0.15, 0.2) is 0 Å². The molecule has 0 radical (unpaired) electrons. The summed E-state index contributed by atoms with van der Waals surface area (Å²) in [6, 6.07) is 0. The lowest BCUT2D eigenvalue weighted by atomic mass is 9.94.